The molecule has 92 valence electrons. The first kappa shape index (κ1) is 11.4. The molecule has 0 fully saturated rings. The van der Waals surface area contributed by atoms with Crippen LogP contribution in [0.2, 0.25) is 0 Å². The molecule has 2 heterocycles. The summed E-state index contributed by atoms with van der Waals surface area (Å²) in [6, 6.07) is 11.7. The number of fused-ring (bicyclic) bond motifs is 1. The van der Waals surface area contributed by atoms with E-state index in [9.17, 15) is 4.79 Å². The Morgan fingerprint density at radius 1 is 1.28 bits per heavy atom. The lowest BCUT2D eigenvalue weighted by molar-refractivity contribution is 0.0907. The minimum absolute atomic E-state index is 0.0834. The molecule has 0 spiro atoms. The van der Waals surface area contributed by atoms with Crippen LogP contribution in [0, 0.1) is 0 Å². The predicted octanol–water partition coefficient (Wildman–Crippen LogP) is 3.25. The van der Waals surface area contributed by atoms with Crippen LogP contribution in [0.5, 0.6) is 0 Å². The molecule has 3 nitrogen and oxygen atoms in total. The maximum absolute atomic E-state index is 12.0. The summed E-state index contributed by atoms with van der Waals surface area (Å²) in [6.45, 7) is 0. The van der Waals surface area contributed by atoms with Crippen LogP contribution in [-0.2, 0) is 0 Å². The second-order valence-electron chi connectivity index (χ2n) is 4.18. The van der Waals surface area contributed by atoms with Gasteiger partial charge in [0.05, 0.1) is 12.3 Å². The monoisotopic (exact) mass is 259 g/mol. The van der Waals surface area contributed by atoms with E-state index in [2.05, 4.69) is 17.4 Å². The summed E-state index contributed by atoms with van der Waals surface area (Å²) in [5.74, 6) is 1.25. The summed E-state index contributed by atoms with van der Waals surface area (Å²) in [5, 5.41) is 3.03. The Bertz CT molecular complexity index is 551. The largest absolute Gasteiger partial charge is 0.459 e. The molecule has 1 aliphatic rings. The van der Waals surface area contributed by atoms with Gasteiger partial charge in [0.1, 0.15) is 0 Å². The third kappa shape index (κ3) is 2.16. The number of carbonyl (C=O) groups excluding carboxylic acids is 1. The highest BCUT2D eigenvalue weighted by molar-refractivity contribution is 7.99. The Morgan fingerprint density at radius 3 is 3.00 bits per heavy atom. The highest BCUT2D eigenvalue weighted by Gasteiger charge is 2.22. The Balaban J connectivity index is 1.80. The van der Waals surface area contributed by atoms with Crippen molar-refractivity contribution in [3.63, 3.8) is 0 Å². The van der Waals surface area contributed by atoms with Crippen LogP contribution in [0.3, 0.4) is 0 Å². The lowest BCUT2D eigenvalue weighted by Gasteiger charge is -2.25. The molecule has 18 heavy (non-hydrogen) atoms. The fourth-order valence-corrected chi connectivity index (χ4v) is 3.25. The number of amides is 1. The fraction of sp³-hybridized carbons (Fsp3) is 0.214. The number of thioether (sulfide) groups is 1. The molecule has 4 heteroatoms. The number of benzene rings is 1. The van der Waals surface area contributed by atoms with Gasteiger partial charge in [-0.05, 0) is 30.2 Å². The van der Waals surface area contributed by atoms with Gasteiger partial charge in [-0.15, -0.1) is 11.8 Å². The van der Waals surface area contributed by atoms with Crippen molar-refractivity contribution in [1.29, 1.82) is 0 Å². The van der Waals surface area contributed by atoms with Crippen molar-refractivity contribution in [1.82, 2.24) is 5.32 Å². The number of furan rings is 1. The van der Waals surface area contributed by atoms with E-state index in [-0.39, 0.29) is 11.9 Å². The molecule has 1 amide bonds. The first-order valence-electron chi connectivity index (χ1n) is 5.91. The zero-order chi connectivity index (χ0) is 12.4. The van der Waals surface area contributed by atoms with Gasteiger partial charge in [-0.3, -0.25) is 4.79 Å². The van der Waals surface area contributed by atoms with Gasteiger partial charge < -0.3 is 9.73 Å². The van der Waals surface area contributed by atoms with Crippen LogP contribution in [0.25, 0.3) is 0 Å². The molecule has 0 aliphatic carbocycles. The minimum atomic E-state index is -0.147. The quantitative estimate of drug-likeness (QED) is 0.900. The molecule has 3 rings (SSSR count). The Kier molecular flexibility index (Phi) is 3.11. The van der Waals surface area contributed by atoms with E-state index in [1.54, 1.807) is 12.1 Å². The first-order chi connectivity index (χ1) is 8.84. The Labute approximate surface area is 110 Å². The van der Waals surface area contributed by atoms with Crippen molar-refractivity contribution in [2.24, 2.45) is 0 Å². The summed E-state index contributed by atoms with van der Waals surface area (Å²) < 4.78 is 5.11. The normalized spacial score (nSPS) is 18.1. The van der Waals surface area contributed by atoms with E-state index in [0.717, 1.165) is 12.2 Å². The molecule has 2 aromatic rings. The lowest BCUT2D eigenvalue weighted by Crippen LogP contribution is -2.30. The van der Waals surface area contributed by atoms with E-state index in [1.165, 1.54) is 16.7 Å². The van der Waals surface area contributed by atoms with Gasteiger partial charge in [-0.1, -0.05) is 18.2 Å². The second-order valence-corrected chi connectivity index (χ2v) is 5.32. The molecule has 0 bridgehead atoms. The summed E-state index contributed by atoms with van der Waals surface area (Å²) in [4.78, 5) is 13.2. The highest BCUT2D eigenvalue weighted by Crippen LogP contribution is 2.35. The molecule has 1 aliphatic heterocycles. The molecule has 1 aromatic heterocycles. The maximum Gasteiger partial charge on any atom is 0.287 e. The van der Waals surface area contributed by atoms with Crippen molar-refractivity contribution in [3.8, 4) is 0 Å². The number of nitrogens with one attached hydrogen (secondary N) is 1. The Morgan fingerprint density at radius 2 is 2.17 bits per heavy atom. The topological polar surface area (TPSA) is 42.2 Å². The molecule has 0 saturated heterocycles. The Hall–Kier alpha value is -1.68. The molecule has 1 aromatic carbocycles. The van der Waals surface area contributed by atoms with Gasteiger partial charge in [0.15, 0.2) is 5.76 Å². The fourth-order valence-electron chi connectivity index (χ4n) is 2.13. The smallest absolute Gasteiger partial charge is 0.287 e. The number of hydrogen-bond acceptors (Lipinski definition) is 3. The van der Waals surface area contributed by atoms with Crippen molar-refractivity contribution in [2.75, 3.05) is 5.75 Å². The number of hydrogen-bond donors (Lipinski definition) is 1. The van der Waals surface area contributed by atoms with Crippen molar-refractivity contribution in [2.45, 2.75) is 17.4 Å². The molecular formula is C14H13NO2S. The average Bonchev–Trinajstić information content (AvgIpc) is 2.93. The first-order valence-corrected chi connectivity index (χ1v) is 6.89. The van der Waals surface area contributed by atoms with E-state index in [1.807, 2.05) is 23.9 Å². The minimum Gasteiger partial charge on any atom is -0.459 e. The summed E-state index contributed by atoms with van der Waals surface area (Å²) >= 11 is 1.84. The van der Waals surface area contributed by atoms with Gasteiger partial charge in [0.25, 0.3) is 5.91 Å². The van der Waals surface area contributed by atoms with Crippen LogP contribution in [-0.4, -0.2) is 11.7 Å². The van der Waals surface area contributed by atoms with Gasteiger partial charge >= 0.3 is 0 Å². The van der Waals surface area contributed by atoms with E-state index < -0.39 is 0 Å². The van der Waals surface area contributed by atoms with Crippen LogP contribution in [0.15, 0.2) is 52.0 Å². The van der Waals surface area contributed by atoms with E-state index >= 15 is 0 Å². The molecule has 1 N–H and O–H groups in total. The van der Waals surface area contributed by atoms with Crippen LogP contribution < -0.4 is 5.32 Å². The average molecular weight is 259 g/mol. The zero-order valence-corrected chi connectivity index (χ0v) is 10.6. The third-order valence-corrected chi connectivity index (χ3v) is 4.13. The molecule has 0 unspecified atom stereocenters. The van der Waals surface area contributed by atoms with Gasteiger partial charge in [-0.2, -0.15) is 0 Å². The number of carbonyl (C=O) groups is 1. The highest BCUT2D eigenvalue weighted by atomic mass is 32.2. The second kappa shape index (κ2) is 4.90. The van der Waals surface area contributed by atoms with Crippen molar-refractivity contribution < 1.29 is 9.21 Å². The van der Waals surface area contributed by atoms with Crippen molar-refractivity contribution in [3.05, 3.63) is 54.0 Å². The molecule has 0 saturated carbocycles. The van der Waals surface area contributed by atoms with Gasteiger partial charge in [0, 0.05) is 10.6 Å². The third-order valence-electron chi connectivity index (χ3n) is 3.01. The lowest BCUT2D eigenvalue weighted by atomic mass is 10.0. The summed E-state index contributed by atoms with van der Waals surface area (Å²) in [7, 11) is 0. The maximum atomic E-state index is 12.0. The van der Waals surface area contributed by atoms with Crippen LogP contribution in [0.1, 0.15) is 28.6 Å². The van der Waals surface area contributed by atoms with Gasteiger partial charge in [0.2, 0.25) is 0 Å². The SMILES string of the molecule is O=C(N[C@H]1CCSc2ccccc21)c1ccco1. The summed E-state index contributed by atoms with van der Waals surface area (Å²) in [5.41, 5.74) is 1.20. The van der Waals surface area contributed by atoms with Gasteiger partial charge in [-0.25, -0.2) is 0 Å². The standard InChI is InChI=1S/C14H13NO2S/c16-14(12-5-3-8-17-12)15-11-7-9-18-13-6-2-1-4-10(11)13/h1-6,8,11H,7,9H2,(H,15,16)/t11-/m0/s1. The predicted molar refractivity (Wildman–Crippen MR) is 70.7 cm³/mol. The number of rotatable bonds is 2. The molecule has 0 radical (unpaired) electrons. The van der Waals surface area contributed by atoms with E-state index in [4.69, 9.17) is 4.42 Å². The zero-order valence-electron chi connectivity index (χ0n) is 9.76. The van der Waals surface area contributed by atoms with Crippen molar-refractivity contribution >= 4 is 17.7 Å². The van der Waals surface area contributed by atoms with E-state index in [0.29, 0.717) is 5.76 Å². The molecule has 1 atom stereocenters. The van der Waals surface area contributed by atoms with Crippen LogP contribution in [0.4, 0.5) is 0 Å². The summed E-state index contributed by atoms with van der Waals surface area (Å²) in [6.07, 6.45) is 2.47. The molecular weight excluding hydrogens is 246 g/mol. The van der Waals surface area contributed by atoms with Crippen LogP contribution >= 0.6 is 11.8 Å².